The predicted molar refractivity (Wildman–Crippen MR) is 221 cm³/mol. The lowest BCUT2D eigenvalue weighted by atomic mass is 9.85. The number of hydrogen-bond donors (Lipinski definition) is 3. The molecule has 2 bridgehead atoms. The Labute approximate surface area is 339 Å². The fourth-order valence-corrected chi connectivity index (χ4v) is 9.09. The maximum Gasteiger partial charge on any atom is 0.320 e. The summed E-state index contributed by atoms with van der Waals surface area (Å²) in [5, 5.41) is 31.9. The second-order valence-electron chi connectivity index (χ2n) is 17.2. The molecule has 308 valence electrons. The van der Waals surface area contributed by atoms with Gasteiger partial charge in [-0.2, -0.15) is 10.2 Å². The number of carboxylic acid groups (broad SMARTS) is 1. The summed E-state index contributed by atoms with van der Waals surface area (Å²) < 4.78 is 12.5. The first-order valence-corrected chi connectivity index (χ1v) is 20.6. The molecule has 0 unspecified atom stereocenters. The van der Waals surface area contributed by atoms with E-state index in [0.717, 1.165) is 98.3 Å². The number of anilines is 2. The molecule has 3 aliphatic heterocycles. The molecule has 5 aromatic rings. The molecule has 7 heterocycles. The van der Waals surface area contributed by atoms with E-state index in [-0.39, 0.29) is 30.1 Å². The summed E-state index contributed by atoms with van der Waals surface area (Å²) in [5.41, 5.74) is 4.44. The smallest absolute Gasteiger partial charge is 0.320 e. The van der Waals surface area contributed by atoms with Crippen molar-refractivity contribution in [1.82, 2.24) is 49.3 Å². The van der Waals surface area contributed by atoms with Gasteiger partial charge >= 0.3 is 6.03 Å². The van der Waals surface area contributed by atoms with Gasteiger partial charge in [-0.1, -0.05) is 45.0 Å². The van der Waals surface area contributed by atoms with Gasteiger partial charge < -0.3 is 25.0 Å². The Hall–Kier alpha value is -5.48. The highest BCUT2D eigenvalue weighted by Gasteiger charge is 2.41. The quantitative estimate of drug-likeness (QED) is 0.158. The number of ether oxygens (including phenoxy) is 1. The number of likely N-dealkylation sites (N-methyl/N-ethyl adjacent to an activating group) is 1. The normalized spacial score (nSPS) is 23.3. The summed E-state index contributed by atoms with van der Waals surface area (Å²) in [5.74, 6) is 2.24. The van der Waals surface area contributed by atoms with E-state index in [1.807, 2.05) is 53.6 Å². The maximum atomic E-state index is 13.8. The first kappa shape index (κ1) is 39.4. The van der Waals surface area contributed by atoms with Gasteiger partial charge in [0.15, 0.2) is 5.65 Å². The second-order valence-corrected chi connectivity index (χ2v) is 17.2. The molecule has 9 rings (SSSR count). The van der Waals surface area contributed by atoms with Gasteiger partial charge in [-0.3, -0.25) is 24.1 Å². The molecule has 4 aliphatic rings. The lowest BCUT2D eigenvalue weighted by Gasteiger charge is -2.33. The minimum atomic E-state index is -0.278. The Balaban J connectivity index is 0.00000152. The first-order valence-electron chi connectivity index (χ1n) is 20.6. The van der Waals surface area contributed by atoms with Crippen LogP contribution in [-0.2, 0) is 16.8 Å². The molecule has 16 heteroatoms. The SMILES string of the molecule is C[C@H]1CCCCN1c1nnc2ccc(O[C@@H]3CC[C@H](NC(=O)Nc4cc(C(C)(C)C)nn4-c4cnn(CCN5C[C@@H]6C[C@H]5CN6C)c4)c4ccccc43)cn12.O=CO. The van der Waals surface area contributed by atoms with Crippen LogP contribution in [0.1, 0.15) is 95.2 Å². The van der Waals surface area contributed by atoms with E-state index in [1.165, 1.54) is 12.8 Å². The molecule has 1 aliphatic carbocycles. The molecule has 3 saturated heterocycles. The number of hydrogen-bond acceptors (Lipinski definition) is 10. The third-order valence-corrected chi connectivity index (χ3v) is 12.3. The Morgan fingerprint density at radius 2 is 1.81 bits per heavy atom. The van der Waals surface area contributed by atoms with Gasteiger partial charge in [0.2, 0.25) is 5.95 Å². The van der Waals surface area contributed by atoms with Crippen LogP contribution in [0.4, 0.5) is 16.6 Å². The van der Waals surface area contributed by atoms with Crippen molar-refractivity contribution in [2.24, 2.45) is 0 Å². The second kappa shape index (κ2) is 16.4. The van der Waals surface area contributed by atoms with Crippen LogP contribution in [0.2, 0.25) is 0 Å². The van der Waals surface area contributed by atoms with Gasteiger partial charge in [0, 0.05) is 55.8 Å². The lowest BCUT2D eigenvalue weighted by Crippen LogP contribution is -2.45. The van der Waals surface area contributed by atoms with Crippen LogP contribution in [0.3, 0.4) is 0 Å². The summed E-state index contributed by atoms with van der Waals surface area (Å²) in [6.07, 6.45) is 12.0. The number of pyridine rings is 1. The number of amides is 2. The summed E-state index contributed by atoms with van der Waals surface area (Å²) in [7, 11) is 2.23. The molecule has 4 aromatic heterocycles. The molecule has 58 heavy (non-hydrogen) atoms. The number of carbonyl (C=O) groups is 2. The zero-order valence-corrected chi connectivity index (χ0v) is 34.2. The van der Waals surface area contributed by atoms with Crippen molar-refractivity contribution in [3.8, 4) is 11.4 Å². The number of aromatic nitrogens is 7. The van der Waals surface area contributed by atoms with E-state index in [2.05, 4.69) is 91.9 Å². The molecule has 0 spiro atoms. The average Bonchev–Trinajstić information content (AvgIpc) is 4.05. The first-order chi connectivity index (χ1) is 28.0. The highest BCUT2D eigenvalue weighted by atomic mass is 16.5. The van der Waals surface area contributed by atoms with E-state index in [1.54, 1.807) is 4.68 Å². The van der Waals surface area contributed by atoms with Crippen molar-refractivity contribution in [2.75, 3.05) is 43.4 Å². The van der Waals surface area contributed by atoms with Gasteiger partial charge in [-0.25, -0.2) is 9.48 Å². The fourth-order valence-electron chi connectivity index (χ4n) is 9.09. The summed E-state index contributed by atoms with van der Waals surface area (Å²) in [6.45, 7) is 13.4. The molecule has 1 aromatic carbocycles. The van der Waals surface area contributed by atoms with Gasteiger partial charge in [0.05, 0.1) is 36.9 Å². The van der Waals surface area contributed by atoms with Crippen molar-refractivity contribution < 1.29 is 19.4 Å². The number of rotatable bonds is 9. The van der Waals surface area contributed by atoms with E-state index in [0.29, 0.717) is 23.9 Å². The third kappa shape index (κ3) is 8.12. The minimum absolute atomic E-state index is 0.155. The molecule has 3 N–H and O–H groups in total. The fraction of sp³-hybridized carbons (Fsp3) is 0.524. The van der Waals surface area contributed by atoms with Crippen LogP contribution in [0, 0.1) is 0 Å². The number of urea groups is 1. The predicted octanol–water partition coefficient (Wildman–Crippen LogP) is 5.65. The molecular weight excluding hydrogens is 737 g/mol. The average molecular weight is 793 g/mol. The molecule has 0 radical (unpaired) electrons. The number of nitrogens with one attached hydrogen (secondary N) is 2. The topological polar surface area (TPSA) is 163 Å². The number of piperidine rings is 1. The van der Waals surface area contributed by atoms with E-state index >= 15 is 0 Å². The maximum absolute atomic E-state index is 13.8. The van der Waals surface area contributed by atoms with Crippen molar-refractivity contribution >= 4 is 29.9 Å². The minimum Gasteiger partial charge on any atom is -0.484 e. The van der Waals surface area contributed by atoms with Crippen LogP contribution < -0.4 is 20.3 Å². The Morgan fingerprint density at radius 1 is 1.00 bits per heavy atom. The Kier molecular flexibility index (Phi) is 11.1. The zero-order chi connectivity index (χ0) is 40.6. The number of carbonyl (C=O) groups excluding carboxylic acids is 1. The number of nitrogens with zero attached hydrogens (tertiary/aromatic N) is 10. The van der Waals surface area contributed by atoms with E-state index in [4.69, 9.17) is 19.7 Å². The lowest BCUT2D eigenvalue weighted by molar-refractivity contribution is -0.122. The van der Waals surface area contributed by atoms with Gasteiger partial charge in [0.1, 0.15) is 23.4 Å². The molecule has 3 fully saturated rings. The van der Waals surface area contributed by atoms with Crippen molar-refractivity contribution in [1.29, 1.82) is 0 Å². The zero-order valence-electron chi connectivity index (χ0n) is 34.2. The van der Waals surface area contributed by atoms with Crippen molar-refractivity contribution in [3.05, 3.63) is 77.9 Å². The third-order valence-electron chi connectivity index (χ3n) is 12.3. The molecule has 5 atom stereocenters. The van der Waals surface area contributed by atoms with Gasteiger partial charge in [0.25, 0.3) is 6.47 Å². The van der Waals surface area contributed by atoms with Crippen LogP contribution in [0.5, 0.6) is 5.75 Å². The summed E-state index contributed by atoms with van der Waals surface area (Å²) in [4.78, 5) is 29.6. The van der Waals surface area contributed by atoms with Crippen LogP contribution in [-0.4, -0.2) is 113 Å². The number of piperazine rings is 1. The molecule has 0 saturated carbocycles. The highest BCUT2D eigenvalue weighted by Crippen LogP contribution is 2.39. The van der Waals surface area contributed by atoms with E-state index in [9.17, 15) is 4.79 Å². The molecule has 2 amide bonds. The van der Waals surface area contributed by atoms with Crippen molar-refractivity contribution in [3.63, 3.8) is 0 Å². The highest BCUT2D eigenvalue weighted by molar-refractivity contribution is 5.89. The van der Waals surface area contributed by atoms with E-state index < -0.39 is 0 Å². The standard InChI is InChI=1S/C41H54N12O2.CH2O2/c1-27-10-8-9-17-51(27)40-46-45-37-16-13-31(26-52(37)40)55-35-15-14-34(32-11-6-7-12-33(32)35)43-39(54)44-38-21-36(41(2,3)4)47-53(38)30-22-42-50(25-30)19-18-49-24-28-20-29(49)23-48(28)5;2-1-3/h6-7,11-13,16,21-22,25-29,34-35H,8-10,14-15,17-20,23-24H2,1-5H3,(H2,43,44,54);1H,(H,2,3)/t27-,28-,29-,34-,35+;/m0./s1. The van der Waals surface area contributed by atoms with Crippen molar-refractivity contribution in [2.45, 2.75) is 108 Å². The summed E-state index contributed by atoms with van der Waals surface area (Å²) in [6, 6.07) is 15.5. The van der Waals surface area contributed by atoms with Gasteiger partial charge in [-0.05, 0) is 75.8 Å². The Morgan fingerprint density at radius 3 is 2.55 bits per heavy atom. The van der Waals surface area contributed by atoms with Gasteiger partial charge in [-0.15, -0.1) is 10.2 Å². The molecular formula is C42H56N12O4. The Bertz CT molecular complexity index is 2220. The number of likely N-dealkylation sites (tertiary alicyclic amines) is 2. The number of fused-ring (bicyclic) bond motifs is 4. The molecule has 16 nitrogen and oxygen atoms in total. The van der Waals surface area contributed by atoms with Crippen LogP contribution >= 0.6 is 0 Å². The largest absolute Gasteiger partial charge is 0.484 e. The monoisotopic (exact) mass is 792 g/mol. The summed E-state index contributed by atoms with van der Waals surface area (Å²) >= 11 is 0. The van der Waals surface area contributed by atoms with Crippen LogP contribution in [0.15, 0.2) is 61.1 Å². The number of benzene rings is 1. The van der Waals surface area contributed by atoms with Crippen LogP contribution in [0.25, 0.3) is 11.3 Å².